The van der Waals surface area contributed by atoms with E-state index in [1.54, 1.807) is 0 Å². The third-order valence-corrected chi connectivity index (χ3v) is 3.69. The van der Waals surface area contributed by atoms with Gasteiger partial charge in [-0.2, -0.15) is 0 Å². The van der Waals surface area contributed by atoms with Crippen molar-refractivity contribution in [1.82, 2.24) is 16.0 Å². The molecule has 0 atom stereocenters. The molecule has 0 saturated carbocycles. The first-order valence-electron chi connectivity index (χ1n) is 7.52. The molecule has 128 valence electrons. The SMILES string of the molecule is COC(CNC(=O)C(=O)NC1CC(C)(C)NC(C)(C)C1)OC. The van der Waals surface area contributed by atoms with E-state index in [1.807, 2.05) is 0 Å². The molecule has 0 aromatic carbocycles. The lowest BCUT2D eigenvalue weighted by Gasteiger charge is -2.46. The van der Waals surface area contributed by atoms with E-state index in [1.165, 1.54) is 14.2 Å². The van der Waals surface area contributed by atoms with Crippen LogP contribution in [0.15, 0.2) is 0 Å². The molecule has 0 aromatic rings. The van der Waals surface area contributed by atoms with Gasteiger partial charge in [0.15, 0.2) is 6.29 Å². The number of hydrogen-bond acceptors (Lipinski definition) is 5. The molecule has 7 heteroatoms. The summed E-state index contributed by atoms with van der Waals surface area (Å²) in [6.45, 7) is 8.50. The number of carbonyl (C=O) groups is 2. The van der Waals surface area contributed by atoms with Crippen molar-refractivity contribution in [2.75, 3.05) is 20.8 Å². The summed E-state index contributed by atoms with van der Waals surface area (Å²) in [5.41, 5.74) is -0.180. The van der Waals surface area contributed by atoms with Crippen molar-refractivity contribution in [1.29, 1.82) is 0 Å². The fourth-order valence-electron chi connectivity index (χ4n) is 3.19. The first kappa shape index (κ1) is 18.9. The van der Waals surface area contributed by atoms with Gasteiger partial charge in [-0.05, 0) is 40.5 Å². The second kappa shape index (κ2) is 7.39. The second-order valence-electron chi connectivity index (χ2n) is 7.08. The highest BCUT2D eigenvalue weighted by Gasteiger charge is 2.38. The summed E-state index contributed by atoms with van der Waals surface area (Å²) < 4.78 is 9.91. The number of methoxy groups -OCH3 is 2. The molecule has 0 aromatic heterocycles. The van der Waals surface area contributed by atoms with Gasteiger partial charge in [-0.25, -0.2) is 0 Å². The third kappa shape index (κ3) is 5.90. The number of hydrogen-bond donors (Lipinski definition) is 3. The van der Waals surface area contributed by atoms with Crippen molar-refractivity contribution in [2.24, 2.45) is 0 Å². The maximum Gasteiger partial charge on any atom is 0.309 e. The van der Waals surface area contributed by atoms with Gasteiger partial charge in [0.2, 0.25) is 0 Å². The number of piperidine rings is 1. The van der Waals surface area contributed by atoms with Crippen LogP contribution < -0.4 is 16.0 Å². The van der Waals surface area contributed by atoms with Crippen LogP contribution in [0.25, 0.3) is 0 Å². The van der Waals surface area contributed by atoms with Crippen molar-refractivity contribution in [3.05, 3.63) is 0 Å². The van der Waals surface area contributed by atoms with Gasteiger partial charge >= 0.3 is 11.8 Å². The lowest BCUT2D eigenvalue weighted by molar-refractivity contribution is -0.142. The molecule has 0 unspecified atom stereocenters. The second-order valence-corrected chi connectivity index (χ2v) is 7.08. The Kier molecular flexibility index (Phi) is 6.34. The first-order valence-corrected chi connectivity index (χ1v) is 7.52. The summed E-state index contributed by atoms with van der Waals surface area (Å²) in [7, 11) is 2.94. The highest BCUT2D eigenvalue weighted by atomic mass is 16.7. The summed E-state index contributed by atoms with van der Waals surface area (Å²) in [5.74, 6) is -1.29. The van der Waals surface area contributed by atoms with E-state index in [-0.39, 0.29) is 23.7 Å². The fourth-order valence-corrected chi connectivity index (χ4v) is 3.19. The highest BCUT2D eigenvalue weighted by molar-refractivity contribution is 6.35. The fraction of sp³-hybridized carbons (Fsp3) is 0.867. The van der Waals surface area contributed by atoms with E-state index < -0.39 is 18.1 Å². The topological polar surface area (TPSA) is 88.7 Å². The van der Waals surface area contributed by atoms with E-state index in [4.69, 9.17) is 9.47 Å². The van der Waals surface area contributed by atoms with Crippen LogP contribution in [0.1, 0.15) is 40.5 Å². The quantitative estimate of drug-likeness (QED) is 0.496. The molecule has 0 aliphatic carbocycles. The van der Waals surface area contributed by atoms with Gasteiger partial charge in [-0.15, -0.1) is 0 Å². The minimum absolute atomic E-state index is 0.0369. The maximum atomic E-state index is 12.0. The first-order chi connectivity index (χ1) is 10.1. The van der Waals surface area contributed by atoms with Crippen molar-refractivity contribution < 1.29 is 19.1 Å². The van der Waals surface area contributed by atoms with Crippen LogP contribution >= 0.6 is 0 Å². The Bertz CT molecular complexity index is 390. The Morgan fingerprint density at radius 1 is 1.09 bits per heavy atom. The minimum atomic E-state index is -0.673. The predicted molar refractivity (Wildman–Crippen MR) is 83.3 cm³/mol. The average Bonchev–Trinajstić information content (AvgIpc) is 2.35. The van der Waals surface area contributed by atoms with Crippen LogP contribution in [0.4, 0.5) is 0 Å². The van der Waals surface area contributed by atoms with Crippen LogP contribution in [0.2, 0.25) is 0 Å². The summed E-state index contributed by atoms with van der Waals surface area (Å²) in [4.78, 5) is 23.8. The van der Waals surface area contributed by atoms with Crippen LogP contribution in [0.3, 0.4) is 0 Å². The molecule has 3 N–H and O–H groups in total. The standard InChI is InChI=1S/C15H29N3O4/c1-14(2)7-10(8-15(3,4)18-14)17-13(20)12(19)16-9-11(21-5)22-6/h10-11,18H,7-9H2,1-6H3,(H,16,19)(H,17,20). The molecule has 1 saturated heterocycles. The predicted octanol–water partition coefficient (Wildman–Crippen LogP) is 0.147. The number of carbonyl (C=O) groups excluding carboxylic acids is 2. The van der Waals surface area contributed by atoms with Crippen molar-refractivity contribution in [3.8, 4) is 0 Å². The Morgan fingerprint density at radius 2 is 1.59 bits per heavy atom. The maximum absolute atomic E-state index is 12.0. The molecule has 7 nitrogen and oxygen atoms in total. The Labute approximate surface area is 132 Å². The molecule has 1 aliphatic rings. The lowest BCUT2D eigenvalue weighted by atomic mass is 9.79. The van der Waals surface area contributed by atoms with E-state index in [0.717, 1.165) is 12.8 Å². The van der Waals surface area contributed by atoms with Crippen molar-refractivity contribution in [3.63, 3.8) is 0 Å². The zero-order valence-electron chi connectivity index (χ0n) is 14.4. The monoisotopic (exact) mass is 315 g/mol. The van der Waals surface area contributed by atoms with Gasteiger partial charge in [-0.1, -0.05) is 0 Å². The van der Waals surface area contributed by atoms with E-state index in [2.05, 4.69) is 43.6 Å². The van der Waals surface area contributed by atoms with Gasteiger partial charge in [0.25, 0.3) is 0 Å². The Balaban J connectivity index is 2.51. The molecule has 1 heterocycles. The molecule has 2 amide bonds. The van der Waals surface area contributed by atoms with E-state index in [9.17, 15) is 9.59 Å². The Morgan fingerprint density at radius 3 is 2.05 bits per heavy atom. The summed E-state index contributed by atoms with van der Waals surface area (Å²) in [6.07, 6.45) is 0.983. The number of nitrogens with one attached hydrogen (secondary N) is 3. The molecule has 1 fully saturated rings. The average molecular weight is 315 g/mol. The minimum Gasteiger partial charge on any atom is -0.354 e. The lowest BCUT2D eigenvalue weighted by Crippen LogP contribution is -2.63. The summed E-state index contributed by atoms with van der Waals surface area (Å²) in [6, 6.07) is -0.0369. The number of rotatable bonds is 5. The smallest absolute Gasteiger partial charge is 0.309 e. The highest BCUT2D eigenvalue weighted by Crippen LogP contribution is 2.28. The van der Waals surface area contributed by atoms with E-state index in [0.29, 0.717) is 0 Å². The molecule has 1 rings (SSSR count). The van der Waals surface area contributed by atoms with Gasteiger partial charge in [0, 0.05) is 31.3 Å². The zero-order valence-corrected chi connectivity index (χ0v) is 14.4. The third-order valence-electron chi connectivity index (χ3n) is 3.69. The van der Waals surface area contributed by atoms with Gasteiger partial charge in [-0.3, -0.25) is 9.59 Å². The molecule has 0 bridgehead atoms. The van der Waals surface area contributed by atoms with Gasteiger partial charge in [0.1, 0.15) is 0 Å². The summed E-state index contributed by atoms with van der Waals surface area (Å²) in [5, 5.41) is 8.85. The van der Waals surface area contributed by atoms with Crippen LogP contribution in [-0.2, 0) is 19.1 Å². The molecule has 0 spiro atoms. The van der Waals surface area contributed by atoms with Crippen molar-refractivity contribution >= 4 is 11.8 Å². The molecular weight excluding hydrogens is 286 g/mol. The van der Waals surface area contributed by atoms with Crippen LogP contribution in [0, 0.1) is 0 Å². The molecule has 1 aliphatic heterocycles. The normalized spacial score (nSPS) is 20.7. The zero-order chi connectivity index (χ0) is 17.0. The van der Waals surface area contributed by atoms with Crippen LogP contribution in [-0.4, -0.2) is 56.0 Å². The van der Waals surface area contributed by atoms with E-state index >= 15 is 0 Å². The molecule has 0 radical (unpaired) electrons. The molecule has 22 heavy (non-hydrogen) atoms. The van der Waals surface area contributed by atoms with Gasteiger partial charge in [0.05, 0.1) is 6.54 Å². The van der Waals surface area contributed by atoms with Gasteiger partial charge < -0.3 is 25.4 Å². The number of ether oxygens (including phenoxy) is 2. The molecular formula is C15H29N3O4. The van der Waals surface area contributed by atoms with Crippen molar-refractivity contribution in [2.45, 2.75) is 63.9 Å². The Hall–Kier alpha value is -1.18. The summed E-state index contributed by atoms with van der Waals surface area (Å²) >= 11 is 0. The van der Waals surface area contributed by atoms with Crippen LogP contribution in [0.5, 0.6) is 0 Å². The number of amides is 2. The largest absolute Gasteiger partial charge is 0.354 e.